The summed E-state index contributed by atoms with van der Waals surface area (Å²) in [5.74, 6) is -2.50. The Balaban J connectivity index is 1.62. The van der Waals surface area contributed by atoms with Gasteiger partial charge in [0.25, 0.3) is 0 Å². The predicted octanol–water partition coefficient (Wildman–Crippen LogP) is 4.24. The van der Waals surface area contributed by atoms with Crippen LogP contribution in [-0.4, -0.2) is 17.7 Å². The number of carbonyl (C=O) groups is 2. The van der Waals surface area contributed by atoms with Gasteiger partial charge in [0, 0.05) is 5.92 Å². The molecule has 4 aromatic rings. The summed E-state index contributed by atoms with van der Waals surface area (Å²) in [6.45, 7) is 0. The first-order valence-corrected chi connectivity index (χ1v) is 10.5. The highest BCUT2D eigenvalue weighted by Crippen LogP contribution is 2.51. The third-order valence-electron chi connectivity index (χ3n) is 6.51. The highest BCUT2D eigenvalue weighted by Gasteiger charge is 2.58. The number of ketones is 2. The molecule has 1 aliphatic carbocycles. The Bertz CT molecular complexity index is 1420. The second-order valence-corrected chi connectivity index (χ2v) is 8.23. The van der Waals surface area contributed by atoms with Gasteiger partial charge in [-0.2, -0.15) is 0 Å². The fourth-order valence-corrected chi connectivity index (χ4v) is 5.14. The molecule has 156 valence electrons. The fourth-order valence-electron chi connectivity index (χ4n) is 5.14. The second-order valence-electron chi connectivity index (χ2n) is 8.23. The van der Waals surface area contributed by atoms with Gasteiger partial charge in [-0.05, 0) is 23.3 Å². The molecule has 3 aromatic carbocycles. The molecule has 5 nitrogen and oxygen atoms in total. The first kappa shape index (κ1) is 18.8. The van der Waals surface area contributed by atoms with Crippen molar-refractivity contribution < 1.29 is 18.7 Å². The molecule has 0 radical (unpaired) electrons. The zero-order valence-electron chi connectivity index (χ0n) is 16.9. The third kappa shape index (κ3) is 2.61. The number of rotatable bonds is 2. The van der Waals surface area contributed by atoms with Crippen molar-refractivity contribution in [3.63, 3.8) is 0 Å². The monoisotopic (exact) mass is 422 g/mol. The zero-order valence-corrected chi connectivity index (χ0v) is 16.9. The van der Waals surface area contributed by atoms with Crippen molar-refractivity contribution in [1.82, 2.24) is 0 Å². The first-order chi connectivity index (χ1) is 15.6. The van der Waals surface area contributed by atoms with Gasteiger partial charge in [-0.15, -0.1) is 0 Å². The Labute approximate surface area is 183 Å². The molecule has 2 heterocycles. The number of benzene rings is 3. The minimum atomic E-state index is -0.962. The van der Waals surface area contributed by atoms with Crippen molar-refractivity contribution in [3.8, 4) is 5.75 Å². The van der Waals surface area contributed by atoms with Crippen LogP contribution in [-0.2, 0) is 9.59 Å². The summed E-state index contributed by atoms with van der Waals surface area (Å²) in [5.41, 5.74) is 1.57. The van der Waals surface area contributed by atoms with Crippen LogP contribution in [0.4, 0.5) is 0 Å². The molecular weight excluding hydrogens is 404 g/mol. The van der Waals surface area contributed by atoms with Crippen LogP contribution in [0.5, 0.6) is 5.75 Å². The van der Waals surface area contributed by atoms with Gasteiger partial charge in [0.05, 0.1) is 16.9 Å². The normalized spacial score (nSPS) is 24.1. The van der Waals surface area contributed by atoms with E-state index in [4.69, 9.17) is 9.15 Å². The van der Waals surface area contributed by atoms with Crippen LogP contribution in [0.1, 0.15) is 28.5 Å². The Morgan fingerprint density at radius 2 is 1.28 bits per heavy atom. The number of fused-ring (bicyclic) bond motifs is 4. The van der Waals surface area contributed by atoms with Crippen LogP contribution in [0.2, 0.25) is 0 Å². The van der Waals surface area contributed by atoms with Gasteiger partial charge in [0.15, 0.2) is 17.7 Å². The van der Waals surface area contributed by atoms with Crippen LogP contribution in [0, 0.1) is 5.92 Å². The number of ether oxygens (including phenoxy) is 1. The average molecular weight is 422 g/mol. The lowest BCUT2D eigenvalue weighted by Gasteiger charge is -2.34. The van der Waals surface area contributed by atoms with Gasteiger partial charge in [-0.3, -0.25) is 9.59 Å². The topological polar surface area (TPSA) is 73.6 Å². The Hall–Kier alpha value is -3.99. The van der Waals surface area contributed by atoms with Crippen molar-refractivity contribution in [3.05, 3.63) is 112 Å². The summed E-state index contributed by atoms with van der Waals surface area (Å²) in [6, 6.07) is 25.5. The van der Waals surface area contributed by atoms with Crippen molar-refractivity contribution >= 4 is 22.5 Å². The molecule has 1 saturated carbocycles. The molecule has 2 unspecified atom stereocenters. The van der Waals surface area contributed by atoms with E-state index in [0.29, 0.717) is 27.8 Å². The Kier molecular flexibility index (Phi) is 4.12. The minimum absolute atomic E-state index is 0.224. The van der Waals surface area contributed by atoms with E-state index >= 15 is 0 Å². The molecule has 1 aliphatic heterocycles. The molecule has 5 heteroatoms. The largest absolute Gasteiger partial charge is 0.480 e. The lowest BCUT2D eigenvalue weighted by molar-refractivity contribution is -0.126. The number of carbonyl (C=O) groups excluding carboxylic acids is 2. The molecule has 6 rings (SSSR count). The summed E-state index contributed by atoms with van der Waals surface area (Å²) in [4.78, 5) is 40.3. The Morgan fingerprint density at radius 1 is 0.656 bits per heavy atom. The van der Waals surface area contributed by atoms with Crippen LogP contribution >= 0.6 is 0 Å². The molecule has 2 aliphatic rings. The maximum absolute atomic E-state index is 13.7. The number of hydrogen-bond acceptors (Lipinski definition) is 5. The van der Waals surface area contributed by atoms with Crippen LogP contribution in [0.15, 0.2) is 94.1 Å². The Morgan fingerprint density at radius 3 is 2.00 bits per heavy atom. The molecule has 4 atom stereocenters. The van der Waals surface area contributed by atoms with Gasteiger partial charge >= 0.3 is 5.63 Å². The van der Waals surface area contributed by atoms with E-state index < -0.39 is 29.5 Å². The molecule has 0 saturated heterocycles. The summed E-state index contributed by atoms with van der Waals surface area (Å²) >= 11 is 0. The van der Waals surface area contributed by atoms with Crippen LogP contribution in [0.25, 0.3) is 11.0 Å². The van der Waals surface area contributed by atoms with Crippen molar-refractivity contribution in [2.24, 2.45) is 5.92 Å². The molecule has 0 bridgehead atoms. The highest BCUT2D eigenvalue weighted by molar-refractivity contribution is 6.18. The summed E-state index contributed by atoms with van der Waals surface area (Å²) in [6.07, 6.45) is -0.962. The van der Waals surface area contributed by atoms with E-state index in [-0.39, 0.29) is 11.6 Å². The molecule has 1 fully saturated rings. The standard InChI is InChI=1S/C27H18O5/c28-23-20(16-11-5-2-6-12-16)24(29)26-21(23)19(15-9-3-1-4-10-15)22-25(32-26)17-13-7-8-14-18(17)31-27(22)30/h1-14,19-21,26H/t19-,20?,21?,26+/m1/s1. The van der Waals surface area contributed by atoms with Gasteiger partial charge in [-0.25, -0.2) is 4.79 Å². The fraction of sp³-hybridized carbons (Fsp3) is 0.148. The maximum atomic E-state index is 13.7. The zero-order chi connectivity index (χ0) is 21.8. The van der Waals surface area contributed by atoms with Gasteiger partial charge in [0.1, 0.15) is 17.3 Å². The number of Topliss-reactive ketones (excluding diaryl/α,β-unsaturated/α-hetero) is 2. The van der Waals surface area contributed by atoms with Gasteiger partial charge in [-0.1, -0.05) is 72.8 Å². The van der Waals surface area contributed by atoms with E-state index in [0.717, 1.165) is 5.56 Å². The van der Waals surface area contributed by atoms with Crippen molar-refractivity contribution in [2.75, 3.05) is 0 Å². The predicted molar refractivity (Wildman–Crippen MR) is 118 cm³/mol. The van der Waals surface area contributed by atoms with Crippen LogP contribution < -0.4 is 10.4 Å². The average Bonchev–Trinajstić information content (AvgIpc) is 3.08. The van der Waals surface area contributed by atoms with E-state index in [1.54, 1.807) is 30.3 Å². The summed E-state index contributed by atoms with van der Waals surface area (Å²) in [5, 5.41) is 0.616. The summed E-state index contributed by atoms with van der Waals surface area (Å²) in [7, 11) is 0. The maximum Gasteiger partial charge on any atom is 0.343 e. The van der Waals surface area contributed by atoms with Crippen LogP contribution in [0.3, 0.4) is 0 Å². The summed E-state index contributed by atoms with van der Waals surface area (Å²) < 4.78 is 11.8. The van der Waals surface area contributed by atoms with Crippen molar-refractivity contribution in [1.29, 1.82) is 0 Å². The minimum Gasteiger partial charge on any atom is -0.480 e. The van der Waals surface area contributed by atoms with Gasteiger partial charge < -0.3 is 9.15 Å². The molecule has 1 aromatic heterocycles. The third-order valence-corrected chi connectivity index (χ3v) is 6.51. The lowest BCUT2D eigenvalue weighted by atomic mass is 9.76. The second kappa shape index (κ2) is 7.02. The van der Waals surface area contributed by atoms with Crippen molar-refractivity contribution in [2.45, 2.75) is 17.9 Å². The quantitative estimate of drug-likeness (QED) is 0.357. The molecule has 0 spiro atoms. The molecular formula is C27H18O5. The number of hydrogen-bond donors (Lipinski definition) is 0. The SMILES string of the molecule is O=C1C(c2ccccc2)C(=O)[C@H]2Oc3c(c(=O)oc4ccccc34)[C@H](c3ccccc3)C12. The number of para-hydroxylation sites is 1. The molecule has 0 amide bonds. The van der Waals surface area contributed by atoms with E-state index in [1.807, 2.05) is 54.6 Å². The van der Waals surface area contributed by atoms with E-state index in [9.17, 15) is 14.4 Å². The van der Waals surface area contributed by atoms with Gasteiger partial charge in [0.2, 0.25) is 0 Å². The lowest BCUT2D eigenvalue weighted by Crippen LogP contribution is -2.41. The first-order valence-electron chi connectivity index (χ1n) is 10.5. The highest BCUT2D eigenvalue weighted by atomic mass is 16.5. The molecule has 0 N–H and O–H groups in total. The smallest absolute Gasteiger partial charge is 0.343 e. The molecule has 32 heavy (non-hydrogen) atoms. The van der Waals surface area contributed by atoms with E-state index in [1.165, 1.54) is 0 Å². The van der Waals surface area contributed by atoms with E-state index in [2.05, 4.69) is 0 Å².